The third-order valence-electron chi connectivity index (χ3n) is 9.48. The molecule has 0 fully saturated rings. The van der Waals surface area contributed by atoms with Crippen LogP contribution in [-0.2, 0) is 32.7 Å². The van der Waals surface area contributed by atoms with E-state index in [9.17, 15) is 19.0 Å². The Morgan fingerprint density at radius 1 is 0.574 bits per heavy atom. The number of phosphoric ester groups is 1. The second-order valence-electron chi connectivity index (χ2n) is 16.1. The van der Waals surface area contributed by atoms with E-state index in [0.29, 0.717) is 17.4 Å². The molecule has 1 unspecified atom stereocenters. The molecule has 0 radical (unpaired) electrons. The van der Waals surface area contributed by atoms with Crippen LogP contribution < -0.4 is 0 Å². The molecule has 318 valence electrons. The van der Waals surface area contributed by atoms with Gasteiger partial charge in [0.05, 0.1) is 27.7 Å². The Bertz CT molecular complexity index is 980. The minimum atomic E-state index is -4.37. The number of quaternary nitrogens is 1. The Morgan fingerprint density at radius 3 is 1.52 bits per heavy atom. The number of carbonyl (C=O) groups is 2. The molecule has 0 aliphatic carbocycles. The van der Waals surface area contributed by atoms with Crippen molar-refractivity contribution in [2.75, 3.05) is 47.5 Å². The molecule has 0 amide bonds. The molecular weight excluding hydrogens is 701 g/mol. The van der Waals surface area contributed by atoms with E-state index in [-0.39, 0.29) is 32.0 Å². The average Bonchev–Trinajstić information content (AvgIpc) is 3.12. The van der Waals surface area contributed by atoms with Crippen molar-refractivity contribution in [3.63, 3.8) is 0 Å². The van der Waals surface area contributed by atoms with E-state index in [1.807, 2.05) is 21.1 Å². The molecule has 9 nitrogen and oxygen atoms in total. The number of carbonyl (C=O) groups excluding carboxylic acids is 2. The highest BCUT2D eigenvalue weighted by Crippen LogP contribution is 2.43. The highest BCUT2D eigenvalue weighted by atomic mass is 31.2. The zero-order valence-corrected chi connectivity index (χ0v) is 36.6. The number of unbranched alkanes of at least 4 members (excludes halogenated alkanes) is 22. The molecule has 0 saturated carbocycles. The summed E-state index contributed by atoms with van der Waals surface area (Å²) in [6.45, 7) is 4.38. The smallest absolute Gasteiger partial charge is 0.462 e. The molecule has 0 aromatic heterocycles. The van der Waals surface area contributed by atoms with E-state index in [2.05, 4.69) is 38.2 Å². The van der Waals surface area contributed by atoms with Gasteiger partial charge in [-0.3, -0.25) is 18.6 Å². The summed E-state index contributed by atoms with van der Waals surface area (Å²) in [5, 5.41) is 0. The van der Waals surface area contributed by atoms with Gasteiger partial charge in [-0.1, -0.05) is 167 Å². The van der Waals surface area contributed by atoms with Crippen molar-refractivity contribution in [2.45, 2.75) is 200 Å². The first-order valence-corrected chi connectivity index (χ1v) is 23.6. The summed E-state index contributed by atoms with van der Waals surface area (Å²) < 4.78 is 34.3. The van der Waals surface area contributed by atoms with Crippen molar-refractivity contribution < 1.29 is 42.1 Å². The summed E-state index contributed by atoms with van der Waals surface area (Å²) in [7, 11) is 1.47. The van der Waals surface area contributed by atoms with Gasteiger partial charge in [0.15, 0.2) is 6.10 Å². The predicted molar refractivity (Wildman–Crippen MR) is 224 cm³/mol. The van der Waals surface area contributed by atoms with Gasteiger partial charge in [-0.05, 0) is 38.5 Å². The SMILES string of the molecule is CCCC/C=C\C/C=C\CCCCCCCC(=O)OC[C@H](COP(=O)(O)OCC[N+](C)(C)C)OC(=O)CCCCCCCCCCCCCCCCCC. The van der Waals surface area contributed by atoms with Gasteiger partial charge in [0.25, 0.3) is 0 Å². The van der Waals surface area contributed by atoms with Crippen LogP contribution in [0.5, 0.6) is 0 Å². The monoisotopic (exact) mass is 787 g/mol. The van der Waals surface area contributed by atoms with Crippen LogP contribution in [0.1, 0.15) is 194 Å². The highest BCUT2D eigenvalue weighted by Gasteiger charge is 2.27. The van der Waals surface area contributed by atoms with Gasteiger partial charge in [-0.25, -0.2) is 4.57 Å². The maximum absolute atomic E-state index is 12.7. The number of ether oxygens (including phenoxy) is 2. The lowest BCUT2D eigenvalue weighted by molar-refractivity contribution is -0.870. The van der Waals surface area contributed by atoms with Crippen LogP contribution in [0.25, 0.3) is 0 Å². The molecule has 0 saturated heterocycles. The highest BCUT2D eigenvalue weighted by molar-refractivity contribution is 7.47. The molecule has 54 heavy (non-hydrogen) atoms. The Morgan fingerprint density at radius 2 is 1.02 bits per heavy atom. The fourth-order valence-corrected chi connectivity index (χ4v) is 6.71. The summed E-state index contributed by atoms with van der Waals surface area (Å²) in [4.78, 5) is 35.3. The number of rotatable bonds is 40. The second-order valence-corrected chi connectivity index (χ2v) is 17.5. The minimum Gasteiger partial charge on any atom is -0.462 e. The molecule has 0 rings (SSSR count). The van der Waals surface area contributed by atoms with Crippen LogP contribution in [0.2, 0.25) is 0 Å². The lowest BCUT2D eigenvalue weighted by Gasteiger charge is -2.24. The van der Waals surface area contributed by atoms with Gasteiger partial charge in [-0.2, -0.15) is 0 Å². The number of allylic oxidation sites excluding steroid dienone is 4. The first-order chi connectivity index (χ1) is 26.0. The van der Waals surface area contributed by atoms with Crippen LogP contribution in [0.3, 0.4) is 0 Å². The van der Waals surface area contributed by atoms with Gasteiger partial charge in [-0.15, -0.1) is 0 Å². The van der Waals surface area contributed by atoms with Crippen LogP contribution >= 0.6 is 7.82 Å². The zero-order valence-electron chi connectivity index (χ0n) is 35.7. The zero-order chi connectivity index (χ0) is 40.0. The maximum Gasteiger partial charge on any atom is 0.472 e. The molecule has 0 heterocycles. The lowest BCUT2D eigenvalue weighted by atomic mass is 10.0. The Kier molecular flexibility index (Phi) is 36.1. The van der Waals surface area contributed by atoms with E-state index in [1.165, 1.54) is 103 Å². The molecule has 0 aromatic carbocycles. The summed E-state index contributed by atoms with van der Waals surface area (Å²) in [6.07, 6.45) is 39.3. The van der Waals surface area contributed by atoms with Crippen molar-refractivity contribution in [3.05, 3.63) is 24.3 Å². The molecule has 0 aliphatic heterocycles. The number of likely N-dealkylation sites (N-methyl/N-ethyl adjacent to an activating group) is 1. The first kappa shape index (κ1) is 52.5. The fourth-order valence-electron chi connectivity index (χ4n) is 5.97. The standard InChI is InChI=1S/C44H84NO8P/c1-6-8-10-12-14-16-18-20-22-23-25-27-29-31-33-35-37-44(47)53-42(41-52-54(48,49)51-39-38-45(3,4)5)40-50-43(46)36-34-32-30-28-26-24-21-19-17-15-13-11-9-7-2/h13,15,19,21,42H,6-12,14,16-18,20,22-41H2,1-5H3/p+1/b15-13-,21-19-/t42-/m1/s1. The molecule has 0 aromatic rings. The van der Waals surface area contributed by atoms with Crippen LogP contribution in [0, 0.1) is 0 Å². The van der Waals surface area contributed by atoms with Gasteiger partial charge in [0.2, 0.25) is 0 Å². The van der Waals surface area contributed by atoms with Gasteiger partial charge in [0.1, 0.15) is 19.8 Å². The fraction of sp³-hybridized carbons (Fsp3) is 0.864. The summed E-state index contributed by atoms with van der Waals surface area (Å²) >= 11 is 0. The number of phosphoric acid groups is 1. The van der Waals surface area contributed by atoms with E-state index in [0.717, 1.165) is 57.8 Å². The maximum atomic E-state index is 12.7. The van der Waals surface area contributed by atoms with Crippen LogP contribution in [-0.4, -0.2) is 74.9 Å². The van der Waals surface area contributed by atoms with Gasteiger partial charge >= 0.3 is 19.8 Å². The van der Waals surface area contributed by atoms with E-state index >= 15 is 0 Å². The van der Waals surface area contributed by atoms with Crippen LogP contribution in [0.15, 0.2) is 24.3 Å². The first-order valence-electron chi connectivity index (χ1n) is 22.1. The van der Waals surface area contributed by atoms with Crippen molar-refractivity contribution in [3.8, 4) is 0 Å². The minimum absolute atomic E-state index is 0.0312. The van der Waals surface area contributed by atoms with E-state index in [4.69, 9.17) is 18.5 Å². The van der Waals surface area contributed by atoms with Crippen molar-refractivity contribution >= 4 is 19.8 Å². The molecule has 0 aliphatic rings. The third kappa shape index (κ3) is 40.2. The number of nitrogens with zero attached hydrogens (tertiary/aromatic N) is 1. The predicted octanol–water partition coefficient (Wildman–Crippen LogP) is 12.4. The van der Waals surface area contributed by atoms with Gasteiger partial charge in [0, 0.05) is 12.8 Å². The van der Waals surface area contributed by atoms with E-state index in [1.54, 1.807) is 0 Å². The average molecular weight is 787 g/mol. The second kappa shape index (κ2) is 37.1. The Balaban J connectivity index is 4.36. The van der Waals surface area contributed by atoms with Gasteiger partial charge < -0.3 is 18.9 Å². The van der Waals surface area contributed by atoms with Crippen molar-refractivity contribution in [1.29, 1.82) is 0 Å². The number of hydrogen-bond acceptors (Lipinski definition) is 7. The molecule has 1 N–H and O–H groups in total. The van der Waals surface area contributed by atoms with Crippen molar-refractivity contribution in [2.24, 2.45) is 0 Å². The summed E-state index contributed by atoms with van der Waals surface area (Å²) in [6, 6.07) is 0. The number of hydrogen-bond donors (Lipinski definition) is 1. The molecule has 0 spiro atoms. The topological polar surface area (TPSA) is 108 Å². The summed E-state index contributed by atoms with van der Waals surface area (Å²) in [5.41, 5.74) is 0. The molecular formula is C44H85NO8P+. The largest absolute Gasteiger partial charge is 0.472 e. The lowest BCUT2D eigenvalue weighted by Crippen LogP contribution is -2.37. The molecule has 10 heteroatoms. The Labute approximate surface area is 332 Å². The molecule has 2 atom stereocenters. The quantitative estimate of drug-likeness (QED) is 0.0215. The van der Waals surface area contributed by atoms with E-state index < -0.39 is 26.5 Å². The van der Waals surface area contributed by atoms with Crippen molar-refractivity contribution in [1.82, 2.24) is 0 Å². The third-order valence-corrected chi connectivity index (χ3v) is 10.5. The normalized spacial score (nSPS) is 13.8. The molecule has 0 bridgehead atoms. The number of esters is 2. The van der Waals surface area contributed by atoms with Crippen LogP contribution in [0.4, 0.5) is 0 Å². The summed E-state index contributed by atoms with van der Waals surface area (Å²) in [5.74, 6) is -0.808. The Hall–Kier alpha value is -1.51.